The van der Waals surface area contributed by atoms with E-state index in [0.717, 1.165) is 27.2 Å². The zero-order valence-corrected chi connectivity index (χ0v) is 44.2. The summed E-state index contributed by atoms with van der Waals surface area (Å²) >= 11 is 36.9. The van der Waals surface area contributed by atoms with Gasteiger partial charge < -0.3 is 0 Å². The van der Waals surface area contributed by atoms with Crippen molar-refractivity contribution in [2.24, 2.45) is 0 Å². The van der Waals surface area contributed by atoms with Crippen molar-refractivity contribution in [3.8, 4) is 11.1 Å². The Morgan fingerprint density at radius 1 is 0.569 bits per heavy atom. The van der Waals surface area contributed by atoms with Crippen molar-refractivity contribution in [3.05, 3.63) is 153 Å². The molecule has 0 unspecified atom stereocenters. The number of hydrogen-bond acceptors (Lipinski definition) is 0. The van der Waals surface area contributed by atoms with Crippen molar-refractivity contribution in [1.82, 2.24) is 0 Å². The molecule has 0 saturated carbocycles. The van der Waals surface area contributed by atoms with Crippen molar-refractivity contribution in [1.29, 1.82) is 0 Å². The van der Waals surface area contributed by atoms with Crippen LogP contribution in [0.3, 0.4) is 0 Å². The summed E-state index contributed by atoms with van der Waals surface area (Å²) in [4.78, 5) is 0. The predicted octanol–water partition coefficient (Wildman–Crippen LogP) is 16.9. The fourth-order valence-electron chi connectivity index (χ4n) is 6.83. The zero-order valence-electron chi connectivity index (χ0n) is 35.6. The third kappa shape index (κ3) is 14.0. The molecule has 312 valence electrons. The second-order valence-corrected chi connectivity index (χ2v) is 24.5. The van der Waals surface area contributed by atoms with E-state index in [2.05, 4.69) is 120 Å². The quantitative estimate of drug-likeness (QED) is 0.122. The molecule has 0 aromatic heterocycles. The summed E-state index contributed by atoms with van der Waals surface area (Å²) in [6, 6.07) is 26.3. The second-order valence-electron chi connectivity index (χ2n) is 18.7. The molecular weight excluding hydrogens is 963 g/mol. The van der Waals surface area contributed by atoms with Gasteiger partial charge in [-0.25, -0.2) is 12.2 Å². The Hall–Kier alpha value is -0.567. The Balaban J connectivity index is 0.000000354. The normalized spacial score (nSPS) is 13.6. The molecule has 58 heavy (non-hydrogen) atoms. The molecule has 4 aromatic carbocycles. The molecule has 2 aliphatic carbocycles. The molecule has 2 aliphatic rings. The van der Waals surface area contributed by atoms with Crippen LogP contribution in [-0.2, 0) is 59.9 Å². The SMILES string of the molecule is CC(C)(C)c1[c-]c2c(cc1C(C)(C)C)-c1cc(C(C)(C)C)c(C(C)(C)C)cc1C2.Cl.Cl.ClC(Cl)(Cl)c1cccc([C](=[Zr+2])c2cccc(C(Cl)(Cl)Cl)c2)c1.[C-]1=CC=CC1. The molecule has 0 fully saturated rings. The third-order valence-corrected chi connectivity index (χ3v) is 12.5. The van der Waals surface area contributed by atoms with Gasteiger partial charge in [0, 0.05) is 0 Å². The van der Waals surface area contributed by atoms with E-state index in [1.807, 2.05) is 48.6 Å². The Kier molecular flexibility index (Phi) is 18.7. The Morgan fingerprint density at radius 2 is 1.02 bits per heavy atom. The van der Waals surface area contributed by atoms with Gasteiger partial charge in [0.2, 0.25) is 0 Å². The summed E-state index contributed by atoms with van der Waals surface area (Å²) in [5.41, 5.74) is 15.1. The number of fused-ring (bicyclic) bond motifs is 3. The standard InChI is InChI=1S/C29H41.C15H8Cl6.C5H5.2ClH.Zr/c1-26(2,3)22-14-18-13-19-15-23(27(4,5)6)25(29(10,11)12)17-21(19)20(18)16-24(22)28(7,8)9;16-14(17,18)12-5-1-3-10(8-12)7-11-4-2-6-13(9-11)15(19,20)21;1-2-4-5-3-1;;;/h14,16-17H,13H2,1-12H3;1-6,8-9H;1-3H,4H2;2*1H;/q-1;;-1;;;+2. The van der Waals surface area contributed by atoms with Crippen LogP contribution < -0.4 is 0 Å². The number of allylic oxidation sites excluding steroid dienone is 4. The van der Waals surface area contributed by atoms with E-state index in [4.69, 9.17) is 69.6 Å². The molecule has 0 aliphatic heterocycles. The van der Waals surface area contributed by atoms with Gasteiger partial charge in [-0.2, -0.15) is 23.8 Å². The largest absolute Gasteiger partial charge is 0.273 e. The smallest absolute Gasteiger partial charge is 0.109 e. The maximum Gasteiger partial charge on any atom is -0.109 e. The van der Waals surface area contributed by atoms with Crippen molar-refractivity contribution >= 4 is 97.6 Å². The maximum absolute atomic E-state index is 5.94. The third-order valence-electron chi connectivity index (χ3n) is 9.78. The van der Waals surface area contributed by atoms with Gasteiger partial charge in [0.25, 0.3) is 0 Å². The number of hydrogen-bond donors (Lipinski definition) is 0. The van der Waals surface area contributed by atoms with Gasteiger partial charge in [-0.15, -0.1) is 47.9 Å². The second kappa shape index (κ2) is 20.3. The van der Waals surface area contributed by atoms with Crippen LogP contribution in [0.1, 0.15) is 145 Å². The fraction of sp³-hybridized carbons (Fsp3) is 0.408. The average molecular weight is 1020 g/mol. The molecule has 0 radical (unpaired) electrons. The maximum atomic E-state index is 5.94. The first-order valence-corrected chi connectivity index (χ1v) is 22.4. The van der Waals surface area contributed by atoms with Crippen molar-refractivity contribution < 1.29 is 24.2 Å². The number of rotatable bonds is 2. The van der Waals surface area contributed by atoms with E-state index < -0.39 is 7.59 Å². The van der Waals surface area contributed by atoms with E-state index in [-0.39, 0.29) is 46.5 Å². The Labute approximate surface area is 407 Å². The van der Waals surface area contributed by atoms with Crippen LogP contribution in [0.25, 0.3) is 11.1 Å². The monoisotopic (exact) mass is 1010 g/mol. The number of alkyl halides is 6. The summed E-state index contributed by atoms with van der Waals surface area (Å²) in [7, 11) is 0. The van der Waals surface area contributed by atoms with Crippen LogP contribution in [0, 0.1) is 12.1 Å². The molecule has 0 amide bonds. The predicted molar refractivity (Wildman–Crippen MR) is 259 cm³/mol. The Bertz CT molecular complexity index is 1970. The minimum absolute atomic E-state index is 0. The van der Waals surface area contributed by atoms with Crippen molar-refractivity contribution in [3.63, 3.8) is 0 Å². The van der Waals surface area contributed by atoms with Crippen LogP contribution in [0.5, 0.6) is 0 Å². The van der Waals surface area contributed by atoms with Crippen LogP contribution in [0.2, 0.25) is 0 Å². The van der Waals surface area contributed by atoms with Crippen LogP contribution >= 0.6 is 94.4 Å². The topological polar surface area (TPSA) is 0 Å². The van der Waals surface area contributed by atoms with Crippen LogP contribution in [0.15, 0.2) is 85.0 Å². The molecule has 0 bridgehead atoms. The number of halogens is 8. The van der Waals surface area contributed by atoms with E-state index in [1.54, 1.807) is 12.1 Å². The van der Waals surface area contributed by atoms with E-state index in [9.17, 15) is 0 Å². The molecule has 0 heterocycles. The van der Waals surface area contributed by atoms with Gasteiger partial charge in [0.15, 0.2) is 0 Å². The first kappa shape index (κ1) is 53.6. The zero-order chi connectivity index (χ0) is 42.2. The molecule has 9 heteroatoms. The minimum Gasteiger partial charge on any atom is -0.273 e. The first-order valence-electron chi connectivity index (χ1n) is 18.9. The molecule has 4 aromatic rings. The van der Waals surface area contributed by atoms with Gasteiger partial charge in [-0.3, -0.25) is 6.08 Å². The molecule has 0 spiro atoms. The summed E-state index contributed by atoms with van der Waals surface area (Å²) in [5.74, 6) is 0. The minimum atomic E-state index is -1.45. The van der Waals surface area contributed by atoms with Crippen molar-refractivity contribution in [2.75, 3.05) is 0 Å². The van der Waals surface area contributed by atoms with E-state index in [0.29, 0.717) is 11.1 Å². The Morgan fingerprint density at radius 3 is 1.38 bits per heavy atom. The number of benzene rings is 4. The molecule has 0 atom stereocenters. The summed E-state index contributed by atoms with van der Waals surface area (Å²) < 4.78 is -1.82. The van der Waals surface area contributed by atoms with Gasteiger partial charge in [0.1, 0.15) is 0 Å². The molecule has 6 rings (SSSR count). The average Bonchev–Trinajstić information content (AvgIpc) is 3.77. The van der Waals surface area contributed by atoms with Crippen LogP contribution in [0.4, 0.5) is 0 Å². The fourth-order valence-corrected chi connectivity index (χ4v) is 8.30. The summed E-state index contributed by atoms with van der Waals surface area (Å²) in [5, 5.41) is 0. The van der Waals surface area contributed by atoms with Gasteiger partial charge in [-0.1, -0.05) is 106 Å². The van der Waals surface area contributed by atoms with E-state index in [1.165, 1.54) is 68.7 Å². The van der Waals surface area contributed by atoms with Gasteiger partial charge in [0.05, 0.1) is 0 Å². The van der Waals surface area contributed by atoms with E-state index >= 15 is 0 Å². The summed E-state index contributed by atoms with van der Waals surface area (Å²) in [6.45, 7) is 28.0. The summed E-state index contributed by atoms with van der Waals surface area (Å²) in [6.07, 6.45) is 11.0. The van der Waals surface area contributed by atoms with Crippen LogP contribution in [-0.4, -0.2) is 3.21 Å². The molecular formula is C49H56Cl8Zr. The van der Waals surface area contributed by atoms with Crippen molar-refractivity contribution in [2.45, 2.75) is 125 Å². The first-order chi connectivity index (χ1) is 25.5. The molecule has 0 N–H and O–H groups in total. The van der Waals surface area contributed by atoms with Gasteiger partial charge >= 0.3 is 175 Å². The molecule has 0 saturated heterocycles. The van der Waals surface area contributed by atoms with Gasteiger partial charge in [-0.05, 0) is 39.4 Å². The molecule has 0 nitrogen and oxygen atoms in total.